The Labute approximate surface area is 114 Å². The highest BCUT2D eigenvalue weighted by Gasteiger charge is 2.32. The largest absolute Gasteiger partial charge is 0.338 e. The lowest BCUT2D eigenvalue weighted by Crippen LogP contribution is -2.25. The summed E-state index contributed by atoms with van der Waals surface area (Å²) in [5.41, 5.74) is 0.390. The van der Waals surface area contributed by atoms with E-state index in [1.165, 1.54) is 11.0 Å². The first-order valence-electron chi connectivity index (χ1n) is 5.88. The number of benzene rings is 1. The molecule has 1 aromatic carbocycles. The molecule has 20 heavy (non-hydrogen) atoms. The van der Waals surface area contributed by atoms with Crippen molar-refractivity contribution in [3.05, 3.63) is 35.4 Å². The second-order valence-electron chi connectivity index (χ2n) is 4.80. The van der Waals surface area contributed by atoms with E-state index in [4.69, 9.17) is 0 Å². The zero-order valence-corrected chi connectivity index (χ0v) is 11.2. The zero-order chi connectivity index (χ0) is 14.9. The lowest BCUT2D eigenvalue weighted by atomic mass is 10.1. The Bertz CT molecular complexity index is 633. The summed E-state index contributed by atoms with van der Waals surface area (Å²) in [7, 11) is -4.63. The van der Waals surface area contributed by atoms with Crippen molar-refractivity contribution in [3.63, 3.8) is 0 Å². The van der Waals surface area contributed by atoms with E-state index in [1.807, 2.05) is 0 Å². The summed E-state index contributed by atoms with van der Waals surface area (Å²) >= 11 is 0. The average molecular weight is 307 g/mol. The Morgan fingerprint density at radius 3 is 2.55 bits per heavy atom. The molecule has 1 fully saturated rings. The normalized spacial score (nSPS) is 19.6. The van der Waals surface area contributed by atoms with E-state index >= 15 is 0 Å². The lowest BCUT2D eigenvalue weighted by molar-refractivity contribution is -0.128. The molecule has 1 amide bonds. The lowest BCUT2D eigenvalue weighted by Gasteiger charge is -2.16. The number of carbonyl (C=O) groups is 1. The fraction of sp³-hybridized carbons (Fsp3) is 0.417. The minimum absolute atomic E-state index is 0.0405. The van der Waals surface area contributed by atoms with Crippen LogP contribution < -0.4 is 0 Å². The van der Waals surface area contributed by atoms with Crippen LogP contribution in [0.2, 0.25) is 0 Å². The van der Waals surface area contributed by atoms with Crippen molar-refractivity contribution in [2.24, 2.45) is 5.92 Å². The first-order valence-corrected chi connectivity index (χ1v) is 7.44. The molecule has 1 aliphatic rings. The third-order valence-corrected chi connectivity index (χ3v) is 3.96. The zero-order valence-electron chi connectivity index (χ0n) is 10.4. The second-order valence-corrected chi connectivity index (χ2v) is 6.21. The van der Waals surface area contributed by atoms with Gasteiger partial charge in [0, 0.05) is 25.4 Å². The maximum atomic E-state index is 13.0. The summed E-state index contributed by atoms with van der Waals surface area (Å²) < 4.78 is 59.5. The van der Waals surface area contributed by atoms with Crippen LogP contribution >= 0.6 is 0 Å². The molecule has 0 saturated carbocycles. The van der Waals surface area contributed by atoms with Crippen LogP contribution in [0.1, 0.15) is 12.0 Å². The molecule has 110 valence electrons. The molecule has 4 nitrogen and oxygen atoms in total. The summed E-state index contributed by atoms with van der Waals surface area (Å²) in [6, 6.07) is 3.27. The number of halogens is 3. The fourth-order valence-corrected chi connectivity index (χ4v) is 3.04. The number of likely N-dealkylation sites (tertiary alicyclic amines) is 1. The summed E-state index contributed by atoms with van der Waals surface area (Å²) in [5.74, 6) is -3.64. The predicted octanol–water partition coefficient (Wildman–Crippen LogP) is 1.61. The molecule has 1 aromatic rings. The van der Waals surface area contributed by atoms with Gasteiger partial charge in [0.25, 0.3) is 0 Å². The van der Waals surface area contributed by atoms with Crippen LogP contribution in [0, 0.1) is 17.6 Å². The van der Waals surface area contributed by atoms with Gasteiger partial charge in [-0.3, -0.25) is 4.79 Å². The molecular formula is C12H12F3NO3S. The van der Waals surface area contributed by atoms with E-state index in [-0.39, 0.29) is 25.4 Å². The Morgan fingerprint density at radius 1 is 1.25 bits per heavy atom. The fourth-order valence-electron chi connectivity index (χ4n) is 2.26. The molecule has 8 heteroatoms. The first-order chi connectivity index (χ1) is 9.24. The van der Waals surface area contributed by atoms with Gasteiger partial charge in [0.1, 0.15) is 0 Å². The Kier molecular flexibility index (Phi) is 4.03. The summed E-state index contributed by atoms with van der Waals surface area (Å²) in [4.78, 5) is 13.0. The van der Waals surface area contributed by atoms with E-state index in [9.17, 15) is 25.9 Å². The molecule has 0 aromatic heterocycles. The smallest absolute Gasteiger partial charge is 0.302 e. The van der Waals surface area contributed by atoms with Crippen molar-refractivity contribution in [1.82, 2.24) is 4.90 Å². The highest BCUT2D eigenvalue weighted by Crippen LogP contribution is 2.22. The maximum Gasteiger partial charge on any atom is 0.302 e. The highest BCUT2D eigenvalue weighted by molar-refractivity contribution is 7.86. The van der Waals surface area contributed by atoms with Gasteiger partial charge in [-0.25, -0.2) is 8.78 Å². The molecule has 0 radical (unpaired) electrons. The van der Waals surface area contributed by atoms with Gasteiger partial charge >= 0.3 is 10.2 Å². The van der Waals surface area contributed by atoms with Crippen molar-refractivity contribution >= 4 is 16.1 Å². The Hall–Kier alpha value is -1.57. The van der Waals surface area contributed by atoms with Gasteiger partial charge in [0.2, 0.25) is 5.91 Å². The van der Waals surface area contributed by atoms with Crippen molar-refractivity contribution in [1.29, 1.82) is 0 Å². The van der Waals surface area contributed by atoms with Crippen molar-refractivity contribution in [3.8, 4) is 0 Å². The quantitative estimate of drug-likeness (QED) is 0.794. The molecule has 0 spiro atoms. The van der Waals surface area contributed by atoms with E-state index in [0.29, 0.717) is 5.56 Å². The van der Waals surface area contributed by atoms with Crippen LogP contribution in [0.15, 0.2) is 18.2 Å². The number of rotatable bonds is 4. The molecule has 1 aliphatic heterocycles. The predicted molar refractivity (Wildman–Crippen MR) is 64.8 cm³/mol. The molecular weight excluding hydrogens is 295 g/mol. The summed E-state index contributed by atoms with van der Waals surface area (Å²) in [5, 5.41) is 0. The van der Waals surface area contributed by atoms with Crippen LogP contribution in [0.5, 0.6) is 0 Å². The average Bonchev–Trinajstić information content (AvgIpc) is 2.62. The molecule has 0 N–H and O–H groups in total. The molecule has 0 bridgehead atoms. The monoisotopic (exact) mass is 307 g/mol. The number of carbonyl (C=O) groups excluding carboxylic acids is 1. The van der Waals surface area contributed by atoms with Crippen LogP contribution in [0.25, 0.3) is 0 Å². The van der Waals surface area contributed by atoms with E-state index in [2.05, 4.69) is 0 Å². The van der Waals surface area contributed by atoms with Crippen molar-refractivity contribution in [2.75, 3.05) is 12.3 Å². The molecule has 1 unspecified atom stereocenters. The minimum Gasteiger partial charge on any atom is -0.338 e. The third kappa shape index (κ3) is 3.72. The van der Waals surface area contributed by atoms with Crippen LogP contribution in [-0.2, 0) is 21.6 Å². The Balaban J connectivity index is 2.03. The van der Waals surface area contributed by atoms with E-state index in [1.54, 1.807) is 0 Å². The SMILES string of the molecule is O=C1CC(CS(=O)(=O)F)CN1Cc1ccc(F)c(F)c1. The first kappa shape index (κ1) is 14.8. The van der Waals surface area contributed by atoms with E-state index in [0.717, 1.165) is 12.1 Å². The van der Waals surface area contributed by atoms with Gasteiger partial charge in [0.15, 0.2) is 11.6 Å². The molecule has 1 heterocycles. The van der Waals surface area contributed by atoms with Crippen LogP contribution in [-0.4, -0.2) is 31.5 Å². The van der Waals surface area contributed by atoms with Crippen LogP contribution in [0.4, 0.5) is 12.7 Å². The van der Waals surface area contributed by atoms with Gasteiger partial charge in [-0.2, -0.15) is 8.42 Å². The van der Waals surface area contributed by atoms with Gasteiger partial charge in [-0.15, -0.1) is 3.89 Å². The summed E-state index contributed by atoms with van der Waals surface area (Å²) in [6.45, 7) is 0.125. The molecule has 1 atom stereocenters. The highest BCUT2D eigenvalue weighted by atomic mass is 32.3. The summed E-state index contributed by atoms with van der Waals surface area (Å²) in [6.07, 6.45) is -0.0627. The number of nitrogens with zero attached hydrogens (tertiary/aromatic N) is 1. The molecule has 2 rings (SSSR count). The van der Waals surface area contributed by atoms with E-state index < -0.39 is 33.5 Å². The molecule has 0 aliphatic carbocycles. The van der Waals surface area contributed by atoms with Gasteiger partial charge < -0.3 is 4.90 Å². The number of hydrogen-bond acceptors (Lipinski definition) is 3. The van der Waals surface area contributed by atoms with Gasteiger partial charge in [-0.1, -0.05) is 6.07 Å². The van der Waals surface area contributed by atoms with Gasteiger partial charge in [0.05, 0.1) is 5.75 Å². The standard InChI is InChI=1S/C12H12F3NO3S/c13-10-2-1-8(3-11(10)14)5-16-6-9(4-12(16)17)7-20(15,18)19/h1-3,9H,4-7H2. The van der Waals surface area contributed by atoms with Crippen LogP contribution in [0.3, 0.4) is 0 Å². The topological polar surface area (TPSA) is 54.5 Å². The third-order valence-electron chi connectivity index (χ3n) is 3.09. The van der Waals surface area contributed by atoms with Gasteiger partial charge in [-0.05, 0) is 17.7 Å². The number of hydrogen-bond donors (Lipinski definition) is 0. The second kappa shape index (κ2) is 5.43. The Morgan fingerprint density at radius 2 is 1.95 bits per heavy atom. The van der Waals surface area contributed by atoms with Crippen molar-refractivity contribution < 1.29 is 25.9 Å². The minimum atomic E-state index is -4.63. The molecule has 1 saturated heterocycles. The van der Waals surface area contributed by atoms with Crippen molar-refractivity contribution in [2.45, 2.75) is 13.0 Å². The maximum absolute atomic E-state index is 13.0. The number of amides is 1.